The van der Waals surface area contributed by atoms with Gasteiger partial charge in [0.1, 0.15) is 0 Å². The van der Waals surface area contributed by atoms with Crippen molar-refractivity contribution in [2.45, 2.75) is 25.0 Å². The first-order valence-corrected chi connectivity index (χ1v) is 8.58. The highest BCUT2D eigenvalue weighted by Gasteiger charge is 2.31. The molecule has 1 atom stereocenters. The van der Waals surface area contributed by atoms with Gasteiger partial charge in [-0.1, -0.05) is 0 Å². The van der Waals surface area contributed by atoms with Gasteiger partial charge in [0.05, 0.1) is 11.0 Å². The molecule has 1 aliphatic rings. The second-order valence-corrected chi connectivity index (χ2v) is 7.35. The first-order valence-electron chi connectivity index (χ1n) is 6.86. The van der Waals surface area contributed by atoms with Crippen LogP contribution in [0.2, 0.25) is 0 Å². The van der Waals surface area contributed by atoms with Gasteiger partial charge in [-0.3, -0.25) is 4.79 Å². The van der Waals surface area contributed by atoms with E-state index < -0.39 is 15.1 Å². The van der Waals surface area contributed by atoms with Crippen LogP contribution >= 0.6 is 0 Å². The summed E-state index contributed by atoms with van der Waals surface area (Å²) in [5, 5.41) is 5.44. The van der Waals surface area contributed by atoms with Gasteiger partial charge in [-0.05, 0) is 44.0 Å². The van der Waals surface area contributed by atoms with Gasteiger partial charge >= 0.3 is 0 Å². The second-order valence-electron chi connectivity index (χ2n) is 4.95. The molecule has 20 heavy (non-hydrogen) atoms. The van der Waals surface area contributed by atoms with Gasteiger partial charge < -0.3 is 10.6 Å². The molecule has 0 saturated carbocycles. The van der Waals surface area contributed by atoms with Crippen LogP contribution in [0.3, 0.4) is 0 Å². The van der Waals surface area contributed by atoms with Gasteiger partial charge in [0.15, 0.2) is 9.84 Å². The number of hydrogen-bond acceptors (Lipinski definition) is 4. The Morgan fingerprint density at radius 1 is 1.30 bits per heavy atom. The molecule has 2 rings (SSSR count). The number of rotatable bonds is 5. The molecule has 1 fully saturated rings. The number of carbonyl (C=O) groups excluding carboxylic acids is 1. The molecule has 1 aliphatic heterocycles. The van der Waals surface area contributed by atoms with Gasteiger partial charge in [-0.25, -0.2) is 8.42 Å². The fourth-order valence-electron chi connectivity index (χ4n) is 2.34. The third-order valence-corrected chi connectivity index (χ3v) is 5.76. The Morgan fingerprint density at radius 2 is 2.00 bits per heavy atom. The molecule has 0 radical (unpaired) electrons. The minimum Gasteiger partial charge on any atom is -0.385 e. The number of nitrogens with one attached hydrogen (secondary N) is 2. The molecule has 1 aromatic rings. The molecule has 1 saturated heterocycles. The quantitative estimate of drug-likeness (QED) is 0.862. The van der Waals surface area contributed by atoms with E-state index in [1.807, 2.05) is 19.1 Å². The Kier molecular flexibility index (Phi) is 4.65. The van der Waals surface area contributed by atoms with Crippen LogP contribution in [-0.4, -0.2) is 38.4 Å². The minimum absolute atomic E-state index is 0.204. The summed E-state index contributed by atoms with van der Waals surface area (Å²) in [6.45, 7) is 3.03. The largest absolute Gasteiger partial charge is 0.385 e. The van der Waals surface area contributed by atoms with E-state index in [1.165, 1.54) is 0 Å². The molecule has 5 nitrogen and oxygen atoms in total. The Balaban J connectivity index is 1.91. The first-order chi connectivity index (χ1) is 9.53. The summed E-state index contributed by atoms with van der Waals surface area (Å²) >= 11 is 0. The van der Waals surface area contributed by atoms with Gasteiger partial charge in [0, 0.05) is 24.3 Å². The Bertz CT molecular complexity index is 567. The lowest BCUT2D eigenvalue weighted by Crippen LogP contribution is -2.34. The first kappa shape index (κ1) is 14.8. The lowest BCUT2D eigenvalue weighted by molar-refractivity contribution is 0.0953. The summed E-state index contributed by atoms with van der Waals surface area (Å²) in [5.41, 5.74) is 1.50. The van der Waals surface area contributed by atoms with Crippen molar-refractivity contribution >= 4 is 21.4 Å². The summed E-state index contributed by atoms with van der Waals surface area (Å²) in [5.74, 6) is 0.0143. The molecule has 0 spiro atoms. The molecule has 1 heterocycles. The molecule has 1 amide bonds. The monoisotopic (exact) mass is 296 g/mol. The summed E-state index contributed by atoms with van der Waals surface area (Å²) in [7, 11) is -3.00. The molecule has 110 valence electrons. The van der Waals surface area contributed by atoms with Crippen molar-refractivity contribution < 1.29 is 13.2 Å². The number of carbonyl (C=O) groups is 1. The standard InChI is InChI=1S/C14H20N2O3S/c1-2-15-12-7-5-11(6-8-12)14(17)16-10-13-4-3-9-20(13,18)19/h5-8,13,15H,2-4,9-10H2,1H3,(H,16,17). The van der Waals surface area contributed by atoms with Crippen LogP contribution in [0.15, 0.2) is 24.3 Å². The van der Waals surface area contributed by atoms with Crippen LogP contribution in [0.25, 0.3) is 0 Å². The fourth-order valence-corrected chi connectivity index (χ4v) is 4.11. The maximum absolute atomic E-state index is 12.0. The highest BCUT2D eigenvalue weighted by molar-refractivity contribution is 7.92. The molecule has 0 aliphatic carbocycles. The predicted molar refractivity (Wildman–Crippen MR) is 79.7 cm³/mol. The van der Waals surface area contributed by atoms with E-state index in [1.54, 1.807) is 12.1 Å². The van der Waals surface area contributed by atoms with E-state index >= 15 is 0 Å². The number of sulfone groups is 1. The van der Waals surface area contributed by atoms with E-state index in [0.717, 1.165) is 12.2 Å². The zero-order valence-corrected chi connectivity index (χ0v) is 12.4. The van der Waals surface area contributed by atoms with E-state index in [-0.39, 0.29) is 18.2 Å². The van der Waals surface area contributed by atoms with E-state index in [2.05, 4.69) is 10.6 Å². The number of amides is 1. The van der Waals surface area contributed by atoms with Crippen LogP contribution in [0.4, 0.5) is 5.69 Å². The molecule has 1 unspecified atom stereocenters. The van der Waals surface area contributed by atoms with Crippen molar-refractivity contribution in [2.24, 2.45) is 0 Å². The van der Waals surface area contributed by atoms with E-state index in [4.69, 9.17) is 0 Å². The summed E-state index contributed by atoms with van der Waals surface area (Å²) in [6.07, 6.45) is 1.34. The van der Waals surface area contributed by atoms with Crippen LogP contribution in [0, 0.1) is 0 Å². The van der Waals surface area contributed by atoms with Crippen LogP contribution < -0.4 is 10.6 Å². The second kappa shape index (κ2) is 6.26. The van der Waals surface area contributed by atoms with Crippen molar-refractivity contribution in [2.75, 3.05) is 24.2 Å². The maximum atomic E-state index is 12.0. The summed E-state index contributed by atoms with van der Waals surface area (Å²) in [4.78, 5) is 12.0. The molecule has 1 aromatic carbocycles. The highest BCUT2D eigenvalue weighted by Crippen LogP contribution is 2.19. The summed E-state index contributed by atoms with van der Waals surface area (Å²) < 4.78 is 23.3. The number of benzene rings is 1. The molecule has 0 bridgehead atoms. The average molecular weight is 296 g/mol. The normalized spacial score (nSPS) is 20.6. The zero-order valence-electron chi connectivity index (χ0n) is 11.6. The lowest BCUT2D eigenvalue weighted by Gasteiger charge is -2.11. The highest BCUT2D eigenvalue weighted by atomic mass is 32.2. The average Bonchev–Trinajstić information content (AvgIpc) is 2.76. The van der Waals surface area contributed by atoms with Crippen LogP contribution in [0.5, 0.6) is 0 Å². The Hall–Kier alpha value is -1.56. The zero-order chi connectivity index (χ0) is 14.6. The van der Waals surface area contributed by atoms with Crippen molar-refractivity contribution in [3.63, 3.8) is 0 Å². The third kappa shape index (κ3) is 3.50. The fraction of sp³-hybridized carbons (Fsp3) is 0.500. The van der Waals surface area contributed by atoms with Crippen LogP contribution in [0.1, 0.15) is 30.1 Å². The van der Waals surface area contributed by atoms with Crippen molar-refractivity contribution in [1.29, 1.82) is 0 Å². The topological polar surface area (TPSA) is 75.3 Å². The summed E-state index contributed by atoms with van der Waals surface area (Å²) in [6, 6.07) is 7.14. The SMILES string of the molecule is CCNc1ccc(C(=O)NCC2CCCS2(=O)=O)cc1. The Labute approximate surface area is 119 Å². The molecular weight excluding hydrogens is 276 g/mol. The molecule has 2 N–H and O–H groups in total. The van der Waals surface area contributed by atoms with Gasteiger partial charge in [0.2, 0.25) is 0 Å². The number of anilines is 1. The maximum Gasteiger partial charge on any atom is 0.251 e. The van der Waals surface area contributed by atoms with E-state index in [0.29, 0.717) is 18.4 Å². The lowest BCUT2D eigenvalue weighted by atomic mass is 10.2. The van der Waals surface area contributed by atoms with Crippen LogP contribution in [-0.2, 0) is 9.84 Å². The van der Waals surface area contributed by atoms with Gasteiger partial charge in [-0.15, -0.1) is 0 Å². The van der Waals surface area contributed by atoms with Crippen molar-refractivity contribution in [1.82, 2.24) is 5.32 Å². The predicted octanol–water partition coefficient (Wildman–Crippen LogP) is 1.43. The molecular formula is C14H20N2O3S. The van der Waals surface area contributed by atoms with E-state index in [9.17, 15) is 13.2 Å². The number of hydrogen-bond donors (Lipinski definition) is 2. The van der Waals surface area contributed by atoms with Gasteiger partial charge in [0.25, 0.3) is 5.91 Å². The minimum atomic E-state index is -3.00. The molecule has 0 aromatic heterocycles. The van der Waals surface area contributed by atoms with Crippen molar-refractivity contribution in [3.8, 4) is 0 Å². The Morgan fingerprint density at radius 3 is 2.55 bits per heavy atom. The molecule has 6 heteroatoms. The van der Waals surface area contributed by atoms with Crippen molar-refractivity contribution in [3.05, 3.63) is 29.8 Å². The third-order valence-electron chi connectivity index (χ3n) is 3.48. The van der Waals surface area contributed by atoms with Gasteiger partial charge in [-0.2, -0.15) is 0 Å². The smallest absolute Gasteiger partial charge is 0.251 e.